The van der Waals surface area contributed by atoms with Crippen molar-refractivity contribution in [3.05, 3.63) is 41.3 Å². The molecule has 0 fully saturated rings. The molecule has 2 rings (SSSR count). The maximum atomic E-state index is 13.4. The number of benzene rings is 1. The van der Waals surface area contributed by atoms with Crippen LogP contribution in [-0.4, -0.2) is 36.8 Å². The van der Waals surface area contributed by atoms with Crippen LogP contribution in [0.2, 0.25) is 0 Å². The fourth-order valence-corrected chi connectivity index (χ4v) is 3.04. The number of hydrogen-bond acceptors (Lipinski definition) is 4. The summed E-state index contributed by atoms with van der Waals surface area (Å²) in [5, 5.41) is 7.13. The molecule has 0 aliphatic carbocycles. The van der Waals surface area contributed by atoms with Gasteiger partial charge in [-0.3, -0.25) is 4.79 Å². The van der Waals surface area contributed by atoms with Crippen LogP contribution in [0, 0.1) is 0 Å². The number of allylic oxidation sites excluding steroid dienone is 2. The third-order valence-electron chi connectivity index (χ3n) is 3.06. The lowest BCUT2D eigenvalue weighted by molar-refractivity contribution is -0.109. The molecule has 1 heterocycles. The van der Waals surface area contributed by atoms with Crippen LogP contribution >= 0.6 is 11.3 Å². The van der Waals surface area contributed by atoms with E-state index in [1.807, 2.05) is 0 Å². The van der Waals surface area contributed by atoms with E-state index >= 15 is 0 Å². The van der Waals surface area contributed by atoms with Crippen LogP contribution < -0.4 is 0 Å². The Bertz CT molecular complexity index is 788. The van der Waals surface area contributed by atoms with E-state index in [-0.39, 0.29) is 11.3 Å². The molecule has 0 radical (unpaired) electrons. The van der Waals surface area contributed by atoms with Gasteiger partial charge in [-0.15, -0.1) is 11.3 Å². The zero-order valence-corrected chi connectivity index (χ0v) is 13.6. The lowest BCUT2D eigenvalue weighted by Crippen LogP contribution is -2.17. The van der Waals surface area contributed by atoms with Crippen LogP contribution in [0.5, 0.6) is 0 Å². The fourth-order valence-electron chi connectivity index (χ4n) is 2.08. The first-order valence-electron chi connectivity index (χ1n) is 6.72. The summed E-state index contributed by atoms with van der Waals surface area (Å²) in [5.74, 6) is -0.763. The largest absolute Gasteiger partial charge is 0.417 e. The molecule has 0 saturated heterocycles. The number of carbonyl (C=O) groups excluding carboxylic acids is 1. The van der Waals surface area contributed by atoms with Crippen molar-refractivity contribution in [3.8, 4) is 0 Å². The van der Waals surface area contributed by atoms with Crippen LogP contribution in [0.25, 0.3) is 15.7 Å². The lowest BCUT2D eigenvalue weighted by Gasteiger charge is -2.11. The Labute approximate surface area is 135 Å². The van der Waals surface area contributed by atoms with Crippen molar-refractivity contribution in [2.45, 2.75) is 13.1 Å². The maximum absolute atomic E-state index is 13.4. The second-order valence-corrected chi connectivity index (χ2v) is 6.01. The van der Waals surface area contributed by atoms with E-state index in [9.17, 15) is 18.0 Å². The molecule has 0 amide bonds. The third-order valence-corrected chi connectivity index (χ3v) is 4.02. The number of ketones is 1. The van der Waals surface area contributed by atoms with Crippen LogP contribution in [0.3, 0.4) is 0 Å². The number of hydrazone groups is 1. The smallest absolute Gasteiger partial charge is 0.303 e. The molecule has 0 aliphatic heterocycles. The van der Waals surface area contributed by atoms with Crippen LogP contribution in [0.1, 0.15) is 12.5 Å². The Balaban J connectivity index is 2.55. The summed E-state index contributed by atoms with van der Waals surface area (Å²) in [5.41, 5.74) is -0.936. The number of alkyl halides is 3. The molecule has 122 valence electrons. The van der Waals surface area contributed by atoms with Crippen molar-refractivity contribution in [2.75, 3.05) is 14.1 Å². The average molecular weight is 340 g/mol. The molecule has 1 aromatic carbocycles. The SMILES string of the molecule is C/C(=N\N(C)C)C(=O)/C=C(/c1csc2ccccc12)C(F)(F)F. The summed E-state index contributed by atoms with van der Waals surface area (Å²) < 4.78 is 41.0. The van der Waals surface area contributed by atoms with Crippen LogP contribution in [-0.2, 0) is 4.79 Å². The van der Waals surface area contributed by atoms with Crippen molar-refractivity contribution in [1.82, 2.24) is 5.01 Å². The van der Waals surface area contributed by atoms with Gasteiger partial charge < -0.3 is 5.01 Å². The summed E-state index contributed by atoms with van der Waals surface area (Å²) >= 11 is 1.21. The Morgan fingerprint density at radius 2 is 1.91 bits per heavy atom. The number of carbonyl (C=O) groups is 1. The van der Waals surface area contributed by atoms with E-state index in [1.54, 1.807) is 38.4 Å². The van der Waals surface area contributed by atoms with Gasteiger partial charge in [0.1, 0.15) is 5.71 Å². The molecular formula is C16H15F3N2OS. The zero-order chi connectivity index (χ0) is 17.2. The van der Waals surface area contributed by atoms with Gasteiger partial charge in [0.25, 0.3) is 0 Å². The van der Waals surface area contributed by atoms with E-state index in [4.69, 9.17) is 0 Å². The lowest BCUT2D eigenvalue weighted by atomic mass is 10.0. The summed E-state index contributed by atoms with van der Waals surface area (Å²) in [6, 6.07) is 6.80. The molecule has 0 spiro atoms. The Kier molecular flexibility index (Phi) is 4.89. The van der Waals surface area contributed by atoms with Gasteiger partial charge in [0.2, 0.25) is 5.78 Å². The van der Waals surface area contributed by atoms with E-state index in [0.717, 1.165) is 4.70 Å². The highest BCUT2D eigenvalue weighted by Crippen LogP contribution is 2.39. The normalized spacial score (nSPS) is 13.5. The molecule has 23 heavy (non-hydrogen) atoms. The zero-order valence-electron chi connectivity index (χ0n) is 12.8. The van der Waals surface area contributed by atoms with Gasteiger partial charge in [0.15, 0.2) is 0 Å². The fraction of sp³-hybridized carbons (Fsp3) is 0.250. The Morgan fingerprint density at radius 1 is 1.26 bits per heavy atom. The minimum Gasteiger partial charge on any atom is -0.303 e. The highest BCUT2D eigenvalue weighted by atomic mass is 32.1. The van der Waals surface area contributed by atoms with Crippen molar-refractivity contribution in [3.63, 3.8) is 0 Å². The quantitative estimate of drug-likeness (QED) is 0.471. The molecule has 3 nitrogen and oxygen atoms in total. The van der Waals surface area contributed by atoms with E-state index < -0.39 is 17.5 Å². The first-order valence-corrected chi connectivity index (χ1v) is 7.60. The molecule has 2 aromatic rings. The number of halogens is 3. The number of rotatable bonds is 4. The number of nitrogens with zero attached hydrogens (tertiary/aromatic N) is 2. The molecule has 0 unspecified atom stereocenters. The topological polar surface area (TPSA) is 32.7 Å². The number of thiophene rings is 1. The molecule has 0 atom stereocenters. The molecule has 0 N–H and O–H groups in total. The van der Waals surface area contributed by atoms with Crippen LogP contribution in [0.15, 0.2) is 40.8 Å². The van der Waals surface area contributed by atoms with E-state index in [1.165, 1.54) is 28.6 Å². The van der Waals surface area contributed by atoms with Gasteiger partial charge in [-0.1, -0.05) is 18.2 Å². The van der Waals surface area contributed by atoms with E-state index in [0.29, 0.717) is 11.5 Å². The second kappa shape index (κ2) is 6.54. The predicted molar refractivity (Wildman–Crippen MR) is 87.7 cm³/mol. The van der Waals surface area contributed by atoms with Gasteiger partial charge in [0.05, 0.1) is 5.57 Å². The van der Waals surface area contributed by atoms with Crippen molar-refractivity contribution in [2.24, 2.45) is 5.10 Å². The highest BCUT2D eigenvalue weighted by Gasteiger charge is 2.36. The van der Waals surface area contributed by atoms with Crippen molar-refractivity contribution < 1.29 is 18.0 Å². The summed E-state index contributed by atoms with van der Waals surface area (Å²) in [7, 11) is 3.19. The molecule has 0 bridgehead atoms. The minimum atomic E-state index is -4.63. The van der Waals surface area contributed by atoms with E-state index in [2.05, 4.69) is 5.10 Å². The maximum Gasteiger partial charge on any atom is 0.417 e. The van der Waals surface area contributed by atoms with Crippen molar-refractivity contribution in [1.29, 1.82) is 0 Å². The Morgan fingerprint density at radius 3 is 2.52 bits per heavy atom. The minimum absolute atomic E-state index is 0.00344. The number of hydrogen-bond donors (Lipinski definition) is 0. The molecule has 7 heteroatoms. The van der Waals surface area contributed by atoms with Gasteiger partial charge >= 0.3 is 6.18 Å². The molecule has 0 saturated carbocycles. The molecule has 1 aromatic heterocycles. The standard InChI is InChI=1S/C16H15F3N2OS/c1-10(20-21(2)3)14(22)8-13(16(17,18)19)12-9-23-15-7-5-4-6-11(12)15/h4-9H,1-3H3/b13-8-,20-10+. The highest BCUT2D eigenvalue weighted by molar-refractivity contribution is 7.17. The van der Waals surface area contributed by atoms with Gasteiger partial charge in [-0.05, 0) is 18.4 Å². The summed E-state index contributed by atoms with van der Waals surface area (Å²) in [6.07, 6.45) is -4.01. The molecule has 0 aliphatic rings. The monoisotopic (exact) mass is 340 g/mol. The number of fused-ring (bicyclic) bond motifs is 1. The van der Waals surface area contributed by atoms with Crippen LogP contribution in [0.4, 0.5) is 13.2 Å². The van der Waals surface area contributed by atoms with Gasteiger partial charge in [0, 0.05) is 35.8 Å². The first-order chi connectivity index (χ1) is 10.7. The predicted octanol–water partition coefficient (Wildman–Crippen LogP) is 4.35. The van der Waals surface area contributed by atoms with Crippen molar-refractivity contribution >= 4 is 38.5 Å². The average Bonchev–Trinajstić information content (AvgIpc) is 2.86. The molecular weight excluding hydrogens is 325 g/mol. The third kappa shape index (κ3) is 3.98. The Hall–Kier alpha value is -2.15. The van der Waals surface area contributed by atoms with Gasteiger partial charge in [-0.25, -0.2) is 0 Å². The first kappa shape index (κ1) is 17.2. The summed E-state index contributed by atoms with van der Waals surface area (Å²) in [6.45, 7) is 1.39. The summed E-state index contributed by atoms with van der Waals surface area (Å²) in [4.78, 5) is 12.0. The van der Waals surface area contributed by atoms with Gasteiger partial charge in [-0.2, -0.15) is 18.3 Å². The second-order valence-electron chi connectivity index (χ2n) is 5.10.